The second-order valence-electron chi connectivity index (χ2n) is 7.15. The third-order valence-corrected chi connectivity index (χ3v) is 5.07. The lowest BCUT2D eigenvalue weighted by molar-refractivity contribution is -0.121. The van der Waals surface area contributed by atoms with Crippen molar-refractivity contribution in [2.45, 2.75) is 32.1 Å². The number of carbonyl (C=O) groups is 1. The van der Waals surface area contributed by atoms with E-state index in [0.29, 0.717) is 5.15 Å². The quantitative estimate of drug-likeness (QED) is 0.868. The Kier molecular flexibility index (Phi) is 6.22. The molecule has 3 rings (SSSR count). The van der Waals surface area contributed by atoms with Crippen molar-refractivity contribution in [3.8, 4) is 0 Å². The van der Waals surface area contributed by atoms with Crippen molar-refractivity contribution in [2.75, 3.05) is 25.5 Å². The van der Waals surface area contributed by atoms with Gasteiger partial charge in [-0.15, -0.1) is 0 Å². The van der Waals surface area contributed by atoms with Gasteiger partial charge in [-0.05, 0) is 56.5 Å². The average molecular weight is 373 g/mol. The highest BCUT2D eigenvalue weighted by molar-refractivity contribution is 6.29. The number of hydrogen-bond acceptors (Lipinski definition) is 4. The van der Waals surface area contributed by atoms with Gasteiger partial charge in [0.25, 0.3) is 0 Å². The molecule has 1 unspecified atom stereocenters. The van der Waals surface area contributed by atoms with Gasteiger partial charge in [-0.1, -0.05) is 30.7 Å². The molecule has 1 aliphatic heterocycles. The summed E-state index contributed by atoms with van der Waals surface area (Å²) < 4.78 is 0. The Morgan fingerprint density at radius 3 is 3.04 bits per heavy atom. The molecule has 1 amide bonds. The number of aromatic nitrogens is 2. The lowest BCUT2D eigenvalue weighted by Crippen LogP contribution is -2.38. The molecule has 2 heterocycles. The molecule has 0 bridgehead atoms. The molecule has 5 nitrogen and oxygen atoms in total. The molecule has 2 atom stereocenters. The Hall–Kier alpha value is -1.98. The van der Waals surface area contributed by atoms with E-state index < -0.39 is 0 Å². The van der Waals surface area contributed by atoms with E-state index in [4.69, 9.17) is 11.6 Å². The zero-order chi connectivity index (χ0) is 18.5. The average Bonchev–Trinajstić information content (AvgIpc) is 2.62. The molecule has 1 aromatic carbocycles. The highest BCUT2D eigenvalue weighted by atomic mass is 35.5. The van der Waals surface area contributed by atoms with Crippen LogP contribution in [0.1, 0.15) is 36.9 Å². The van der Waals surface area contributed by atoms with E-state index in [-0.39, 0.29) is 17.7 Å². The van der Waals surface area contributed by atoms with Gasteiger partial charge in [-0.25, -0.2) is 4.98 Å². The van der Waals surface area contributed by atoms with Crippen molar-refractivity contribution in [2.24, 2.45) is 5.92 Å². The van der Waals surface area contributed by atoms with E-state index in [1.54, 1.807) is 6.20 Å². The van der Waals surface area contributed by atoms with Gasteiger partial charge in [0.1, 0.15) is 5.15 Å². The summed E-state index contributed by atoms with van der Waals surface area (Å²) in [7, 11) is 2.07. The lowest BCUT2D eigenvalue weighted by atomic mass is 9.95. The van der Waals surface area contributed by atoms with Crippen LogP contribution in [0.5, 0.6) is 0 Å². The normalized spacial score (nSPS) is 19.1. The van der Waals surface area contributed by atoms with Gasteiger partial charge in [0.15, 0.2) is 0 Å². The summed E-state index contributed by atoms with van der Waals surface area (Å²) in [5.74, 6) is 0.430. The van der Waals surface area contributed by atoms with Crippen LogP contribution in [0.15, 0.2) is 36.7 Å². The van der Waals surface area contributed by atoms with Crippen molar-refractivity contribution in [1.82, 2.24) is 14.9 Å². The van der Waals surface area contributed by atoms with Gasteiger partial charge >= 0.3 is 0 Å². The number of likely N-dealkylation sites (tertiary alicyclic amines) is 1. The molecule has 1 saturated heterocycles. The summed E-state index contributed by atoms with van der Waals surface area (Å²) in [6.45, 7) is 4.04. The van der Waals surface area contributed by atoms with E-state index in [1.807, 2.05) is 18.2 Å². The predicted molar refractivity (Wildman–Crippen MR) is 104 cm³/mol. The SMILES string of the molecule is C[C@H](Cc1cncc(Cl)n1)c1cccc(NC(=O)C2CCCN(C)C2)c1. The molecular formula is C20H25ClN4O. The van der Waals surface area contributed by atoms with E-state index in [9.17, 15) is 4.79 Å². The Bertz CT molecular complexity index is 767. The second-order valence-corrected chi connectivity index (χ2v) is 7.54. The topological polar surface area (TPSA) is 58.1 Å². The number of piperidine rings is 1. The van der Waals surface area contributed by atoms with Crippen molar-refractivity contribution in [3.05, 3.63) is 53.1 Å². The number of benzene rings is 1. The summed E-state index contributed by atoms with van der Waals surface area (Å²) in [6, 6.07) is 8.05. The molecule has 2 aromatic rings. The number of amides is 1. The number of nitrogens with one attached hydrogen (secondary N) is 1. The smallest absolute Gasteiger partial charge is 0.228 e. The zero-order valence-electron chi connectivity index (χ0n) is 15.3. The van der Waals surface area contributed by atoms with Crippen molar-refractivity contribution in [3.63, 3.8) is 0 Å². The number of anilines is 1. The first kappa shape index (κ1) is 18.8. The predicted octanol–water partition coefficient (Wildman–Crippen LogP) is 3.76. The van der Waals surface area contributed by atoms with Gasteiger partial charge in [0.2, 0.25) is 5.91 Å². The van der Waals surface area contributed by atoms with Crippen LogP contribution in [-0.2, 0) is 11.2 Å². The highest BCUT2D eigenvalue weighted by Gasteiger charge is 2.24. The van der Waals surface area contributed by atoms with Gasteiger partial charge < -0.3 is 10.2 Å². The molecule has 0 aliphatic carbocycles. The van der Waals surface area contributed by atoms with Crippen LogP contribution >= 0.6 is 11.6 Å². The van der Waals surface area contributed by atoms with Gasteiger partial charge in [-0.2, -0.15) is 0 Å². The van der Waals surface area contributed by atoms with Gasteiger partial charge in [-0.3, -0.25) is 9.78 Å². The van der Waals surface area contributed by atoms with E-state index in [0.717, 1.165) is 49.3 Å². The number of hydrogen-bond donors (Lipinski definition) is 1. The number of nitrogens with zero attached hydrogens (tertiary/aromatic N) is 3. The number of carbonyl (C=O) groups excluding carboxylic acids is 1. The first-order valence-corrected chi connectivity index (χ1v) is 9.45. The summed E-state index contributed by atoms with van der Waals surface area (Å²) >= 11 is 5.92. The zero-order valence-corrected chi connectivity index (χ0v) is 16.0. The third-order valence-electron chi connectivity index (χ3n) is 4.89. The van der Waals surface area contributed by atoms with E-state index in [2.05, 4.69) is 40.2 Å². The molecule has 0 saturated carbocycles. The Morgan fingerprint density at radius 1 is 1.42 bits per heavy atom. The van der Waals surface area contributed by atoms with Crippen LogP contribution < -0.4 is 5.32 Å². The molecule has 1 aromatic heterocycles. The molecule has 1 fully saturated rings. The maximum absolute atomic E-state index is 12.6. The van der Waals surface area contributed by atoms with Crippen LogP contribution in [0.2, 0.25) is 5.15 Å². The number of halogens is 1. The van der Waals surface area contributed by atoms with Gasteiger partial charge in [0.05, 0.1) is 17.8 Å². The highest BCUT2D eigenvalue weighted by Crippen LogP contribution is 2.24. The minimum atomic E-state index is 0.0663. The van der Waals surface area contributed by atoms with Crippen LogP contribution in [0, 0.1) is 5.92 Å². The third kappa shape index (κ3) is 5.02. The Morgan fingerprint density at radius 2 is 2.27 bits per heavy atom. The molecule has 0 radical (unpaired) electrons. The van der Waals surface area contributed by atoms with Crippen LogP contribution in [0.25, 0.3) is 0 Å². The Labute approximate surface area is 159 Å². The summed E-state index contributed by atoms with van der Waals surface area (Å²) in [5.41, 5.74) is 2.87. The van der Waals surface area contributed by atoms with E-state index >= 15 is 0 Å². The fourth-order valence-corrected chi connectivity index (χ4v) is 3.62. The number of rotatable bonds is 5. The van der Waals surface area contributed by atoms with Crippen LogP contribution in [0.4, 0.5) is 5.69 Å². The lowest BCUT2D eigenvalue weighted by Gasteiger charge is -2.28. The fraction of sp³-hybridized carbons (Fsp3) is 0.450. The molecule has 138 valence electrons. The monoisotopic (exact) mass is 372 g/mol. The van der Waals surface area contributed by atoms with E-state index in [1.165, 1.54) is 6.20 Å². The molecule has 26 heavy (non-hydrogen) atoms. The van der Waals surface area contributed by atoms with Crippen molar-refractivity contribution >= 4 is 23.2 Å². The van der Waals surface area contributed by atoms with Crippen LogP contribution in [-0.4, -0.2) is 40.9 Å². The minimum absolute atomic E-state index is 0.0663. The van der Waals surface area contributed by atoms with Crippen LogP contribution in [0.3, 0.4) is 0 Å². The maximum atomic E-state index is 12.6. The minimum Gasteiger partial charge on any atom is -0.326 e. The fourth-order valence-electron chi connectivity index (χ4n) is 3.46. The van der Waals surface area contributed by atoms with Crippen molar-refractivity contribution < 1.29 is 4.79 Å². The molecule has 1 aliphatic rings. The Balaban J connectivity index is 1.64. The second kappa shape index (κ2) is 8.60. The largest absolute Gasteiger partial charge is 0.326 e. The molecule has 0 spiro atoms. The first-order chi connectivity index (χ1) is 12.5. The maximum Gasteiger partial charge on any atom is 0.228 e. The molecular weight excluding hydrogens is 348 g/mol. The molecule has 6 heteroatoms. The summed E-state index contributed by atoms with van der Waals surface area (Å²) in [4.78, 5) is 23.2. The van der Waals surface area contributed by atoms with Crippen molar-refractivity contribution in [1.29, 1.82) is 0 Å². The standard InChI is InChI=1S/C20H25ClN4O/c1-14(9-18-11-22-12-19(21)23-18)15-5-3-7-17(10-15)24-20(26)16-6-4-8-25(2)13-16/h3,5,7,10-12,14,16H,4,6,8-9,13H2,1-2H3,(H,24,26)/t14-,16?/m1/s1. The summed E-state index contributed by atoms with van der Waals surface area (Å²) in [6.07, 6.45) is 6.06. The molecule has 1 N–H and O–H groups in total. The summed E-state index contributed by atoms with van der Waals surface area (Å²) in [5, 5.41) is 3.50. The van der Waals surface area contributed by atoms with Gasteiger partial charge in [0, 0.05) is 18.4 Å². The first-order valence-electron chi connectivity index (χ1n) is 9.07.